The van der Waals surface area contributed by atoms with E-state index in [9.17, 15) is 0 Å². The molecule has 0 heterocycles. The predicted octanol–water partition coefficient (Wildman–Crippen LogP) is -3.46. The third-order valence-electron chi connectivity index (χ3n) is 1.10. The molecule has 0 aromatic carbocycles. The minimum Gasteiger partial charge on any atom is -0.422 e. The standard InChI is InChI=1S/C2H12O3Si4/c1-2-9(3-6,4-7)5-8/h2H,1H2,6-8H3. The predicted molar refractivity (Wildman–Crippen MR) is 49.0 cm³/mol. The fourth-order valence-electron chi connectivity index (χ4n) is 0.500. The first-order valence-electron chi connectivity index (χ1n) is 2.53. The maximum Gasteiger partial charge on any atom is 0.495 e. The van der Waals surface area contributed by atoms with Crippen LogP contribution < -0.4 is 0 Å². The summed E-state index contributed by atoms with van der Waals surface area (Å²) < 4.78 is 15.5. The van der Waals surface area contributed by atoms with Gasteiger partial charge < -0.3 is 12.3 Å². The molecule has 0 radical (unpaired) electrons. The molecule has 0 bridgehead atoms. The van der Waals surface area contributed by atoms with E-state index in [4.69, 9.17) is 12.3 Å². The van der Waals surface area contributed by atoms with Crippen molar-refractivity contribution in [1.29, 1.82) is 0 Å². The lowest BCUT2D eigenvalue weighted by Gasteiger charge is -2.21. The van der Waals surface area contributed by atoms with E-state index in [-0.39, 0.29) is 0 Å². The van der Waals surface area contributed by atoms with Crippen LogP contribution in [-0.4, -0.2) is 40.3 Å². The Labute approximate surface area is 65.4 Å². The van der Waals surface area contributed by atoms with Gasteiger partial charge in [-0.25, -0.2) is 0 Å². The number of rotatable bonds is 4. The van der Waals surface area contributed by atoms with Gasteiger partial charge in [-0.2, -0.15) is 0 Å². The van der Waals surface area contributed by atoms with Crippen molar-refractivity contribution < 1.29 is 12.3 Å². The summed E-state index contributed by atoms with van der Waals surface area (Å²) in [5.74, 6) is 0. The first kappa shape index (κ1) is 9.49. The second-order valence-corrected chi connectivity index (χ2v) is 7.93. The van der Waals surface area contributed by atoms with E-state index >= 15 is 0 Å². The fourth-order valence-corrected chi connectivity index (χ4v) is 9.00. The van der Waals surface area contributed by atoms with Gasteiger partial charge in [0.25, 0.3) is 0 Å². The van der Waals surface area contributed by atoms with Gasteiger partial charge in [0.2, 0.25) is 0 Å². The van der Waals surface area contributed by atoms with Crippen molar-refractivity contribution in [3.8, 4) is 0 Å². The zero-order valence-electron chi connectivity index (χ0n) is 6.01. The molecular formula is C2H12O3Si4. The Hall–Kier alpha value is 0.488. The van der Waals surface area contributed by atoms with Gasteiger partial charge in [-0.15, -0.1) is 6.58 Å². The van der Waals surface area contributed by atoms with Crippen molar-refractivity contribution in [1.82, 2.24) is 0 Å². The molecule has 0 aliphatic rings. The number of hydrogen-bond acceptors (Lipinski definition) is 3. The van der Waals surface area contributed by atoms with Crippen LogP contribution in [0.4, 0.5) is 0 Å². The normalized spacial score (nSPS) is 17.8. The first-order valence-corrected chi connectivity index (χ1v) is 6.79. The van der Waals surface area contributed by atoms with Gasteiger partial charge in [-0.3, -0.25) is 0 Å². The molecule has 0 rings (SSSR count). The highest BCUT2D eigenvalue weighted by molar-refractivity contribution is 6.73. The molecule has 0 amide bonds. The molecule has 0 fully saturated rings. The van der Waals surface area contributed by atoms with Crippen molar-refractivity contribution in [2.45, 2.75) is 0 Å². The molecule has 0 atom stereocenters. The van der Waals surface area contributed by atoms with Crippen molar-refractivity contribution in [2.75, 3.05) is 0 Å². The highest BCUT2D eigenvalue weighted by atomic mass is 28.5. The highest BCUT2D eigenvalue weighted by Crippen LogP contribution is 2.03. The Balaban J connectivity index is 3.98. The van der Waals surface area contributed by atoms with Crippen molar-refractivity contribution >= 4 is 40.3 Å². The van der Waals surface area contributed by atoms with Crippen LogP contribution >= 0.6 is 0 Å². The molecule has 0 N–H and O–H groups in total. The van der Waals surface area contributed by atoms with E-state index in [1.165, 1.54) is 0 Å². The topological polar surface area (TPSA) is 27.7 Å². The summed E-state index contributed by atoms with van der Waals surface area (Å²) in [4.78, 5) is 0. The van der Waals surface area contributed by atoms with Gasteiger partial charge in [0.15, 0.2) is 0 Å². The van der Waals surface area contributed by atoms with Gasteiger partial charge >= 0.3 is 8.80 Å². The molecule has 0 spiro atoms. The lowest BCUT2D eigenvalue weighted by Crippen LogP contribution is -2.42. The van der Waals surface area contributed by atoms with E-state index in [0.29, 0.717) is 31.5 Å². The zero-order valence-corrected chi connectivity index (χ0v) is 13.0. The van der Waals surface area contributed by atoms with E-state index in [2.05, 4.69) is 6.58 Å². The lowest BCUT2D eigenvalue weighted by atomic mass is 11.3. The van der Waals surface area contributed by atoms with Crippen molar-refractivity contribution in [3.63, 3.8) is 0 Å². The molecule has 0 aromatic heterocycles. The van der Waals surface area contributed by atoms with Gasteiger partial charge in [0.05, 0.1) is 0 Å². The van der Waals surface area contributed by atoms with Crippen molar-refractivity contribution in [2.24, 2.45) is 0 Å². The van der Waals surface area contributed by atoms with Crippen LogP contribution in [0.2, 0.25) is 0 Å². The second kappa shape index (κ2) is 4.33. The summed E-state index contributed by atoms with van der Waals surface area (Å²) in [5, 5.41) is 0. The second-order valence-electron chi connectivity index (χ2n) is 1.42. The van der Waals surface area contributed by atoms with Crippen LogP contribution in [0.3, 0.4) is 0 Å². The van der Waals surface area contributed by atoms with E-state index < -0.39 is 8.80 Å². The van der Waals surface area contributed by atoms with Gasteiger partial charge in [0, 0.05) is 0 Å². The van der Waals surface area contributed by atoms with Crippen LogP contribution in [0.5, 0.6) is 0 Å². The largest absolute Gasteiger partial charge is 0.495 e. The molecule has 0 saturated carbocycles. The third-order valence-corrected chi connectivity index (χ3v) is 8.43. The average Bonchev–Trinajstić information content (AvgIpc) is 1.95. The van der Waals surface area contributed by atoms with Crippen LogP contribution in [-0.2, 0) is 12.3 Å². The molecule has 9 heavy (non-hydrogen) atoms. The van der Waals surface area contributed by atoms with Crippen LogP contribution in [0, 0.1) is 0 Å². The van der Waals surface area contributed by atoms with Crippen LogP contribution in [0.15, 0.2) is 12.3 Å². The zero-order chi connectivity index (χ0) is 7.33. The molecular weight excluding hydrogens is 184 g/mol. The van der Waals surface area contributed by atoms with E-state index in [1.807, 2.05) is 0 Å². The van der Waals surface area contributed by atoms with Crippen LogP contribution in [0.25, 0.3) is 0 Å². The van der Waals surface area contributed by atoms with Gasteiger partial charge in [-0.1, -0.05) is 0 Å². The molecule has 7 heteroatoms. The van der Waals surface area contributed by atoms with E-state index in [0.717, 1.165) is 0 Å². The van der Waals surface area contributed by atoms with E-state index in [1.54, 1.807) is 5.70 Å². The van der Waals surface area contributed by atoms with Crippen LogP contribution in [0.1, 0.15) is 0 Å². The van der Waals surface area contributed by atoms with Crippen molar-refractivity contribution in [3.05, 3.63) is 12.3 Å². The van der Waals surface area contributed by atoms with Gasteiger partial charge in [0.1, 0.15) is 31.5 Å². The summed E-state index contributed by atoms with van der Waals surface area (Å²) in [6.07, 6.45) is 0. The Morgan fingerprint density at radius 3 is 1.44 bits per heavy atom. The SMILES string of the molecule is C=C[Si](O[SiH3])(O[SiH3])O[SiH3]. The molecule has 0 aromatic rings. The average molecular weight is 196 g/mol. The Bertz CT molecular complexity index is 83.5. The molecule has 0 saturated heterocycles. The maximum atomic E-state index is 5.17. The highest BCUT2D eigenvalue weighted by Gasteiger charge is 2.30. The maximum absolute atomic E-state index is 5.17. The molecule has 54 valence electrons. The summed E-state index contributed by atoms with van der Waals surface area (Å²) in [5.41, 5.74) is 1.68. The molecule has 3 nitrogen and oxygen atoms in total. The third kappa shape index (κ3) is 2.29. The Kier molecular flexibility index (Phi) is 4.56. The quantitative estimate of drug-likeness (QED) is 0.438. The monoisotopic (exact) mass is 196 g/mol. The number of hydrogen-bond donors (Lipinski definition) is 0. The summed E-state index contributed by atoms with van der Waals surface area (Å²) in [6, 6.07) is 0. The Morgan fingerprint density at radius 2 is 1.44 bits per heavy atom. The summed E-state index contributed by atoms with van der Waals surface area (Å²) in [7, 11) is -0.262. The smallest absolute Gasteiger partial charge is 0.422 e. The minimum absolute atomic E-state index is 0.660. The fraction of sp³-hybridized carbons (Fsp3) is 0. The molecule has 0 aliphatic carbocycles. The molecule has 0 unspecified atom stereocenters. The Morgan fingerprint density at radius 1 is 1.11 bits per heavy atom. The summed E-state index contributed by atoms with van der Waals surface area (Å²) in [6.45, 7) is 3.60. The van der Waals surface area contributed by atoms with Gasteiger partial charge in [-0.05, 0) is 5.70 Å². The molecule has 0 aliphatic heterocycles. The lowest BCUT2D eigenvalue weighted by molar-refractivity contribution is 0.316. The minimum atomic E-state index is -2.24. The first-order chi connectivity index (χ1) is 4.24. The summed E-state index contributed by atoms with van der Waals surface area (Å²) >= 11 is 0.